The molecule has 52 heavy (non-hydrogen) atoms. The molecular formula is C35H36F6N4O6S. The maximum atomic E-state index is 14.8. The summed E-state index contributed by atoms with van der Waals surface area (Å²) in [6.45, 7) is 6.03. The number of esters is 1. The highest BCUT2D eigenvalue weighted by atomic mass is 32.1. The molecule has 2 amide bonds. The van der Waals surface area contributed by atoms with Crippen molar-refractivity contribution in [1.29, 1.82) is 0 Å². The van der Waals surface area contributed by atoms with Crippen LogP contribution in [0, 0.1) is 0 Å². The minimum Gasteiger partial charge on any atom is -0.488 e. The van der Waals surface area contributed by atoms with Crippen LogP contribution in [0.5, 0.6) is 11.5 Å². The number of rotatable bonds is 11. The molecule has 0 N–H and O–H groups in total. The molecule has 2 atom stereocenters. The quantitative estimate of drug-likeness (QED) is 0.0951. The van der Waals surface area contributed by atoms with Gasteiger partial charge in [0.15, 0.2) is 0 Å². The fraction of sp³-hybridized carbons (Fsp3) is 0.429. The van der Waals surface area contributed by atoms with Gasteiger partial charge in [-0.1, -0.05) is 18.2 Å². The van der Waals surface area contributed by atoms with Crippen molar-refractivity contribution in [3.63, 3.8) is 0 Å². The lowest BCUT2D eigenvalue weighted by atomic mass is 9.80. The molecule has 3 aromatic rings. The third kappa shape index (κ3) is 8.45. The maximum absolute atomic E-state index is 14.8. The van der Waals surface area contributed by atoms with Gasteiger partial charge < -0.3 is 28.9 Å². The highest BCUT2D eigenvalue weighted by molar-refractivity contribution is 7.10. The van der Waals surface area contributed by atoms with Gasteiger partial charge in [-0.05, 0) is 31.0 Å². The molecule has 2 aliphatic heterocycles. The van der Waals surface area contributed by atoms with E-state index in [1.165, 1.54) is 17.9 Å². The first kappa shape index (κ1) is 38.4. The average Bonchev–Trinajstić information content (AvgIpc) is 3.59. The summed E-state index contributed by atoms with van der Waals surface area (Å²) in [5.74, 6) is -1.85. The second-order valence-corrected chi connectivity index (χ2v) is 13.0. The minimum absolute atomic E-state index is 0.0380. The van der Waals surface area contributed by atoms with Crippen LogP contribution in [-0.2, 0) is 26.7 Å². The molecule has 280 valence electrons. The smallest absolute Gasteiger partial charge is 0.425 e. The van der Waals surface area contributed by atoms with Gasteiger partial charge >= 0.3 is 18.3 Å². The number of alkyl halides is 6. The van der Waals surface area contributed by atoms with Crippen LogP contribution in [-0.4, -0.2) is 90.1 Å². The van der Waals surface area contributed by atoms with Gasteiger partial charge in [0.25, 0.3) is 11.8 Å². The van der Waals surface area contributed by atoms with Crippen molar-refractivity contribution < 1.29 is 54.9 Å². The topological polar surface area (TPSA) is 102 Å². The third-order valence-electron chi connectivity index (χ3n) is 8.81. The molecule has 17 heteroatoms. The van der Waals surface area contributed by atoms with Gasteiger partial charge in [-0.15, -0.1) is 17.9 Å². The van der Waals surface area contributed by atoms with E-state index in [9.17, 15) is 40.7 Å². The summed E-state index contributed by atoms with van der Waals surface area (Å²) in [5, 5.41) is 1.11. The summed E-state index contributed by atoms with van der Waals surface area (Å²) in [4.78, 5) is 47.2. The number of ether oxygens (including phenoxy) is 3. The summed E-state index contributed by atoms with van der Waals surface area (Å²) in [6.07, 6.45) is -6.53. The SMILES string of the molecule is C=CC[C@H]1N(C(=O)c2cnccc2C(F)(F)F)CCC[C@@]1(Oc1csc(C(F)(F)F)c1)C(=O)N1CCN(c2ccccc2OCCOC(C)=O)CC1. The van der Waals surface area contributed by atoms with Gasteiger partial charge in [-0.2, -0.15) is 26.3 Å². The summed E-state index contributed by atoms with van der Waals surface area (Å²) in [5.41, 5.74) is -3.21. The lowest BCUT2D eigenvalue weighted by molar-refractivity contribution is -0.159. The van der Waals surface area contributed by atoms with E-state index in [-0.39, 0.29) is 57.9 Å². The molecule has 10 nitrogen and oxygen atoms in total. The van der Waals surface area contributed by atoms with E-state index in [0.717, 1.165) is 34.4 Å². The standard InChI is InChI=1S/C35H36F6N4O6S/c1-3-7-29-33(51-24-20-30(52-22-24)35(39,40)41,11-6-13-45(29)31(47)25-21-42-12-10-26(25)34(36,37)38)32(48)44-16-14-43(15-17-44)27-8-4-5-9-28(27)50-19-18-49-23(2)46/h3-5,8-10,12,20-22,29H,1,6-7,11,13-19H2,2H3/t29-,33+/m1/s1. The van der Waals surface area contributed by atoms with Crippen molar-refractivity contribution in [2.75, 3.05) is 50.8 Å². The summed E-state index contributed by atoms with van der Waals surface area (Å²) in [6, 6.07) is 7.38. The number of likely N-dealkylation sites (tertiary alicyclic amines) is 1. The first-order valence-corrected chi connectivity index (χ1v) is 17.2. The molecule has 1 aromatic carbocycles. The number of hydrogen-bond donors (Lipinski definition) is 0. The maximum Gasteiger partial charge on any atom is 0.425 e. The highest BCUT2D eigenvalue weighted by Gasteiger charge is 2.56. The molecular weight excluding hydrogens is 718 g/mol. The van der Waals surface area contributed by atoms with Gasteiger partial charge in [0.05, 0.1) is 22.9 Å². The Morgan fingerprint density at radius 1 is 1.02 bits per heavy atom. The zero-order chi connectivity index (χ0) is 37.7. The predicted molar refractivity (Wildman–Crippen MR) is 178 cm³/mol. The molecule has 0 bridgehead atoms. The molecule has 0 saturated carbocycles. The molecule has 2 saturated heterocycles. The number of thiophene rings is 1. The molecule has 2 aromatic heterocycles. The number of anilines is 1. The Kier molecular flexibility index (Phi) is 11.7. The Labute approximate surface area is 299 Å². The van der Waals surface area contributed by atoms with E-state index in [1.54, 1.807) is 12.1 Å². The van der Waals surface area contributed by atoms with Gasteiger partial charge in [0, 0.05) is 69.9 Å². The number of nitrogens with zero attached hydrogens (tertiary/aromatic N) is 4. The predicted octanol–water partition coefficient (Wildman–Crippen LogP) is 6.47. The molecule has 0 aliphatic carbocycles. The van der Waals surface area contributed by atoms with Crippen molar-refractivity contribution in [3.8, 4) is 11.5 Å². The first-order valence-electron chi connectivity index (χ1n) is 16.3. The Morgan fingerprint density at radius 3 is 2.40 bits per heavy atom. The number of aromatic nitrogens is 1. The van der Waals surface area contributed by atoms with E-state index in [1.807, 2.05) is 17.0 Å². The molecule has 2 fully saturated rings. The number of piperazine rings is 1. The van der Waals surface area contributed by atoms with Crippen LogP contribution in [0.1, 0.15) is 47.0 Å². The van der Waals surface area contributed by atoms with Crippen molar-refractivity contribution in [2.45, 2.75) is 50.2 Å². The Morgan fingerprint density at radius 2 is 1.75 bits per heavy atom. The molecule has 0 unspecified atom stereocenters. The lowest BCUT2D eigenvalue weighted by Gasteiger charge is -2.50. The second-order valence-electron chi connectivity index (χ2n) is 12.1. The fourth-order valence-corrected chi connectivity index (χ4v) is 7.19. The molecule has 2 aliphatic rings. The molecule has 0 spiro atoms. The number of carbonyl (C=O) groups excluding carboxylic acids is 3. The lowest BCUT2D eigenvalue weighted by Crippen LogP contribution is -2.69. The number of amides is 2. The Balaban J connectivity index is 1.46. The Hall–Kier alpha value is -4.80. The van der Waals surface area contributed by atoms with Crippen LogP contribution in [0.25, 0.3) is 0 Å². The van der Waals surface area contributed by atoms with Crippen molar-refractivity contribution >= 4 is 34.8 Å². The van der Waals surface area contributed by atoms with Crippen LogP contribution in [0.3, 0.4) is 0 Å². The van der Waals surface area contributed by atoms with E-state index in [2.05, 4.69) is 11.6 Å². The van der Waals surface area contributed by atoms with Crippen LogP contribution in [0.15, 0.2) is 66.8 Å². The summed E-state index contributed by atoms with van der Waals surface area (Å²) < 4.78 is 99.9. The monoisotopic (exact) mass is 754 g/mol. The fourth-order valence-electron chi connectivity index (χ4n) is 6.51. The van der Waals surface area contributed by atoms with Crippen molar-refractivity contribution in [3.05, 3.63) is 82.8 Å². The van der Waals surface area contributed by atoms with Gasteiger partial charge in [0.2, 0.25) is 5.60 Å². The summed E-state index contributed by atoms with van der Waals surface area (Å²) in [7, 11) is 0. The average molecular weight is 755 g/mol. The van der Waals surface area contributed by atoms with E-state index in [0.29, 0.717) is 36.2 Å². The van der Waals surface area contributed by atoms with Crippen LogP contribution in [0.2, 0.25) is 0 Å². The molecule has 0 radical (unpaired) electrons. The highest BCUT2D eigenvalue weighted by Crippen LogP contribution is 2.43. The number of benzene rings is 1. The number of para-hydroxylation sites is 2. The number of carbonyl (C=O) groups is 3. The van der Waals surface area contributed by atoms with Gasteiger partial charge in [0.1, 0.15) is 29.6 Å². The van der Waals surface area contributed by atoms with E-state index in [4.69, 9.17) is 14.2 Å². The van der Waals surface area contributed by atoms with Crippen molar-refractivity contribution in [2.24, 2.45) is 0 Å². The zero-order valence-electron chi connectivity index (χ0n) is 28.0. The van der Waals surface area contributed by atoms with Gasteiger partial charge in [-0.3, -0.25) is 19.4 Å². The normalized spacial score (nSPS) is 19.6. The second kappa shape index (κ2) is 15.8. The molecule has 5 rings (SSSR count). The largest absolute Gasteiger partial charge is 0.488 e. The molecule has 4 heterocycles. The van der Waals surface area contributed by atoms with Crippen molar-refractivity contribution in [1.82, 2.24) is 14.8 Å². The summed E-state index contributed by atoms with van der Waals surface area (Å²) >= 11 is 0.370. The first-order chi connectivity index (χ1) is 24.7. The third-order valence-corrected chi connectivity index (χ3v) is 9.76. The van der Waals surface area contributed by atoms with E-state index < -0.39 is 57.8 Å². The number of pyridine rings is 1. The van der Waals surface area contributed by atoms with E-state index >= 15 is 0 Å². The number of hydrogen-bond acceptors (Lipinski definition) is 9. The zero-order valence-corrected chi connectivity index (χ0v) is 28.9. The number of halogens is 6. The minimum atomic E-state index is -4.89. The van der Waals surface area contributed by atoms with Crippen LogP contribution >= 0.6 is 11.3 Å². The van der Waals surface area contributed by atoms with Gasteiger partial charge in [-0.25, -0.2) is 0 Å². The Bertz CT molecular complexity index is 1760. The van der Waals surface area contributed by atoms with Crippen LogP contribution in [0.4, 0.5) is 32.0 Å². The van der Waals surface area contributed by atoms with Crippen LogP contribution < -0.4 is 14.4 Å². The number of piperidine rings is 1.